The van der Waals surface area contributed by atoms with E-state index in [-0.39, 0.29) is 12.0 Å². The average Bonchev–Trinajstić information content (AvgIpc) is 2.88. The van der Waals surface area contributed by atoms with Gasteiger partial charge in [0.05, 0.1) is 28.9 Å². The number of thiazole rings is 1. The van der Waals surface area contributed by atoms with Crippen molar-refractivity contribution in [1.29, 1.82) is 0 Å². The zero-order valence-electron chi connectivity index (χ0n) is 12.1. The number of halogens is 1. The quantitative estimate of drug-likeness (QED) is 0.785. The highest BCUT2D eigenvalue weighted by Crippen LogP contribution is 2.28. The molecule has 4 nitrogen and oxygen atoms in total. The van der Waals surface area contributed by atoms with Crippen molar-refractivity contribution in [3.8, 4) is 0 Å². The fourth-order valence-corrected chi connectivity index (χ4v) is 3.06. The normalized spacial score (nSPS) is 12.0. The van der Waals surface area contributed by atoms with Gasteiger partial charge in [-0.3, -0.25) is 0 Å². The molecule has 0 aliphatic heterocycles. The number of aryl methyl sites for hydroxylation is 1. The maximum absolute atomic E-state index is 11.7. The Morgan fingerprint density at radius 2 is 2.29 bits per heavy atom. The van der Waals surface area contributed by atoms with Crippen LogP contribution in [-0.4, -0.2) is 17.6 Å². The van der Waals surface area contributed by atoms with Crippen molar-refractivity contribution < 1.29 is 9.53 Å². The predicted molar refractivity (Wildman–Crippen MR) is 89.0 cm³/mol. The number of carbonyl (C=O) groups excluding carboxylic acids is 1. The third-order valence-electron chi connectivity index (χ3n) is 2.93. The SMILES string of the molecule is CCOC(=O)c1ccc(NC(C)c2csc(C)n2)c(Br)c1. The number of anilines is 1. The molecule has 1 heterocycles. The van der Waals surface area contributed by atoms with Crippen LogP contribution in [0.15, 0.2) is 28.1 Å². The topological polar surface area (TPSA) is 51.2 Å². The van der Waals surface area contributed by atoms with Gasteiger partial charge in [-0.2, -0.15) is 0 Å². The highest BCUT2D eigenvalue weighted by Gasteiger charge is 2.13. The van der Waals surface area contributed by atoms with Crippen molar-refractivity contribution >= 4 is 38.9 Å². The number of nitrogens with zero attached hydrogens (tertiary/aromatic N) is 1. The number of carbonyl (C=O) groups is 1. The van der Waals surface area contributed by atoms with Crippen LogP contribution in [0.3, 0.4) is 0 Å². The molecule has 21 heavy (non-hydrogen) atoms. The Morgan fingerprint density at radius 3 is 2.86 bits per heavy atom. The minimum atomic E-state index is -0.312. The number of nitrogens with one attached hydrogen (secondary N) is 1. The molecule has 0 saturated heterocycles. The van der Waals surface area contributed by atoms with E-state index in [0.29, 0.717) is 12.2 Å². The van der Waals surface area contributed by atoms with E-state index in [1.165, 1.54) is 0 Å². The van der Waals surface area contributed by atoms with Crippen LogP contribution in [0.1, 0.15) is 40.9 Å². The molecular weight excluding hydrogens is 352 g/mol. The molecule has 1 aromatic heterocycles. The summed E-state index contributed by atoms with van der Waals surface area (Å²) < 4.78 is 5.81. The van der Waals surface area contributed by atoms with Gasteiger partial charge >= 0.3 is 5.97 Å². The monoisotopic (exact) mass is 368 g/mol. The van der Waals surface area contributed by atoms with E-state index in [1.54, 1.807) is 30.4 Å². The van der Waals surface area contributed by atoms with E-state index in [0.717, 1.165) is 20.9 Å². The number of rotatable bonds is 5. The summed E-state index contributed by atoms with van der Waals surface area (Å²) in [5.41, 5.74) is 2.46. The van der Waals surface area contributed by atoms with Crippen molar-refractivity contribution in [3.05, 3.63) is 44.3 Å². The highest BCUT2D eigenvalue weighted by atomic mass is 79.9. The van der Waals surface area contributed by atoms with E-state index in [9.17, 15) is 4.79 Å². The summed E-state index contributed by atoms with van der Waals surface area (Å²) in [4.78, 5) is 16.2. The molecule has 1 aromatic carbocycles. The molecule has 0 aliphatic rings. The average molecular weight is 369 g/mol. The van der Waals surface area contributed by atoms with Gasteiger partial charge in [0.25, 0.3) is 0 Å². The second kappa shape index (κ2) is 7.04. The lowest BCUT2D eigenvalue weighted by Crippen LogP contribution is -2.09. The van der Waals surface area contributed by atoms with Crippen LogP contribution in [0.25, 0.3) is 0 Å². The summed E-state index contributed by atoms with van der Waals surface area (Å²) in [5, 5.41) is 6.48. The largest absolute Gasteiger partial charge is 0.462 e. The maximum Gasteiger partial charge on any atom is 0.338 e. The Balaban J connectivity index is 2.12. The number of ether oxygens (including phenoxy) is 1. The molecule has 0 radical (unpaired) electrons. The summed E-state index contributed by atoms with van der Waals surface area (Å²) >= 11 is 5.12. The standard InChI is InChI=1S/C15H17BrN2O2S/c1-4-20-15(19)11-5-6-13(12(16)7-11)17-9(2)14-8-21-10(3)18-14/h5-9,17H,4H2,1-3H3. The second-order valence-electron chi connectivity index (χ2n) is 4.57. The van der Waals surface area contributed by atoms with Gasteiger partial charge in [-0.05, 0) is 54.9 Å². The van der Waals surface area contributed by atoms with Gasteiger partial charge in [0.15, 0.2) is 0 Å². The van der Waals surface area contributed by atoms with Gasteiger partial charge in [0.1, 0.15) is 0 Å². The Kier molecular flexibility index (Phi) is 5.36. The van der Waals surface area contributed by atoms with Crippen LogP contribution in [-0.2, 0) is 4.74 Å². The summed E-state index contributed by atoms with van der Waals surface area (Å²) in [6.07, 6.45) is 0. The summed E-state index contributed by atoms with van der Waals surface area (Å²) in [7, 11) is 0. The molecular formula is C15H17BrN2O2S. The minimum Gasteiger partial charge on any atom is -0.462 e. The molecule has 0 fully saturated rings. The first-order chi connectivity index (χ1) is 10.0. The predicted octanol–water partition coefficient (Wildman–Crippen LogP) is 4.56. The first-order valence-corrected chi connectivity index (χ1v) is 8.33. The smallest absolute Gasteiger partial charge is 0.338 e. The van der Waals surface area contributed by atoms with Gasteiger partial charge < -0.3 is 10.1 Å². The van der Waals surface area contributed by atoms with E-state index in [2.05, 4.69) is 33.2 Å². The third-order valence-corrected chi connectivity index (χ3v) is 4.38. The second-order valence-corrected chi connectivity index (χ2v) is 6.49. The number of aromatic nitrogens is 1. The lowest BCUT2D eigenvalue weighted by molar-refractivity contribution is 0.0526. The van der Waals surface area contributed by atoms with Crippen LogP contribution < -0.4 is 5.32 Å². The Morgan fingerprint density at radius 1 is 1.52 bits per heavy atom. The number of hydrogen-bond donors (Lipinski definition) is 1. The van der Waals surface area contributed by atoms with E-state index in [1.807, 2.05) is 18.4 Å². The lowest BCUT2D eigenvalue weighted by Gasteiger charge is -2.15. The van der Waals surface area contributed by atoms with Gasteiger partial charge in [-0.1, -0.05) is 0 Å². The molecule has 0 saturated carbocycles. The van der Waals surface area contributed by atoms with Crippen LogP contribution in [0.2, 0.25) is 0 Å². The van der Waals surface area contributed by atoms with Crippen molar-refractivity contribution in [2.45, 2.75) is 26.8 Å². The van der Waals surface area contributed by atoms with E-state index < -0.39 is 0 Å². The van der Waals surface area contributed by atoms with Gasteiger partial charge in [-0.15, -0.1) is 11.3 Å². The maximum atomic E-state index is 11.7. The molecule has 112 valence electrons. The zero-order chi connectivity index (χ0) is 15.4. The van der Waals surface area contributed by atoms with Crippen LogP contribution in [0.5, 0.6) is 0 Å². The number of benzene rings is 1. The van der Waals surface area contributed by atoms with Crippen molar-refractivity contribution in [1.82, 2.24) is 4.98 Å². The molecule has 0 spiro atoms. The Bertz CT molecular complexity index is 642. The van der Waals surface area contributed by atoms with E-state index >= 15 is 0 Å². The van der Waals surface area contributed by atoms with Crippen molar-refractivity contribution in [2.75, 3.05) is 11.9 Å². The van der Waals surface area contributed by atoms with Gasteiger partial charge in [0, 0.05) is 15.5 Å². The molecule has 0 bridgehead atoms. The fraction of sp³-hybridized carbons (Fsp3) is 0.333. The molecule has 0 amide bonds. The summed E-state index contributed by atoms with van der Waals surface area (Å²) in [6, 6.07) is 5.48. The lowest BCUT2D eigenvalue weighted by atomic mass is 10.2. The highest BCUT2D eigenvalue weighted by molar-refractivity contribution is 9.10. The molecule has 1 unspecified atom stereocenters. The Labute approximate surface area is 136 Å². The van der Waals surface area contributed by atoms with Crippen molar-refractivity contribution in [2.24, 2.45) is 0 Å². The van der Waals surface area contributed by atoms with Crippen LogP contribution in [0, 0.1) is 6.92 Å². The molecule has 1 N–H and O–H groups in total. The fourth-order valence-electron chi connectivity index (χ4n) is 1.86. The number of hydrogen-bond acceptors (Lipinski definition) is 5. The molecule has 2 aromatic rings. The first kappa shape index (κ1) is 16.0. The zero-order valence-corrected chi connectivity index (χ0v) is 14.5. The van der Waals surface area contributed by atoms with Gasteiger partial charge in [-0.25, -0.2) is 9.78 Å². The summed E-state index contributed by atoms with van der Waals surface area (Å²) in [5.74, 6) is -0.312. The molecule has 6 heteroatoms. The molecule has 2 rings (SSSR count). The third kappa shape index (κ3) is 4.04. The Hall–Kier alpha value is -1.40. The number of esters is 1. The molecule has 1 atom stereocenters. The van der Waals surface area contributed by atoms with Gasteiger partial charge in [0.2, 0.25) is 0 Å². The first-order valence-electron chi connectivity index (χ1n) is 6.66. The molecule has 0 aliphatic carbocycles. The van der Waals surface area contributed by atoms with Crippen LogP contribution in [0.4, 0.5) is 5.69 Å². The van der Waals surface area contributed by atoms with Crippen LogP contribution >= 0.6 is 27.3 Å². The summed E-state index contributed by atoms with van der Waals surface area (Å²) in [6.45, 7) is 6.21. The minimum absolute atomic E-state index is 0.0969. The van der Waals surface area contributed by atoms with Crippen molar-refractivity contribution in [3.63, 3.8) is 0 Å². The van der Waals surface area contributed by atoms with E-state index in [4.69, 9.17) is 4.74 Å².